The van der Waals surface area contributed by atoms with Crippen molar-refractivity contribution in [2.45, 2.75) is 31.8 Å². The minimum Gasteiger partial charge on any atom is -0.302 e. The van der Waals surface area contributed by atoms with Crippen molar-refractivity contribution >= 4 is 22.9 Å². The average Bonchev–Trinajstić information content (AvgIpc) is 3.10. The molecule has 1 aromatic carbocycles. The summed E-state index contributed by atoms with van der Waals surface area (Å²) in [6.07, 6.45) is 2.66. The van der Waals surface area contributed by atoms with Crippen LogP contribution in [0.5, 0.6) is 0 Å². The molecule has 1 saturated carbocycles. The molecule has 0 aliphatic heterocycles. The van der Waals surface area contributed by atoms with Crippen molar-refractivity contribution in [2.24, 2.45) is 5.92 Å². The van der Waals surface area contributed by atoms with Gasteiger partial charge in [0, 0.05) is 22.0 Å². The molecule has 2 aromatic rings. The van der Waals surface area contributed by atoms with Crippen LogP contribution < -0.4 is 5.32 Å². The number of halogens is 1. The van der Waals surface area contributed by atoms with Gasteiger partial charge in [-0.25, -0.2) is 0 Å². The first kappa shape index (κ1) is 13.2. The minimum atomic E-state index is 0.404. The number of nitrogens with one attached hydrogen (secondary N) is 1. The highest BCUT2D eigenvalue weighted by Gasteiger charge is 2.33. The molecule has 3 heteroatoms. The summed E-state index contributed by atoms with van der Waals surface area (Å²) in [4.78, 5) is 1.40. The molecule has 0 bridgehead atoms. The molecule has 1 N–H and O–H groups in total. The van der Waals surface area contributed by atoms with E-state index in [-0.39, 0.29) is 0 Å². The first-order valence-electron chi connectivity index (χ1n) is 6.79. The van der Waals surface area contributed by atoms with E-state index in [1.807, 2.05) is 23.5 Å². The second kappa shape index (κ2) is 5.66. The summed E-state index contributed by atoms with van der Waals surface area (Å²) in [7, 11) is 0. The first-order chi connectivity index (χ1) is 9.24. The van der Waals surface area contributed by atoms with E-state index >= 15 is 0 Å². The Labute approximate surface area is 123 Å². The summed E-state index contributed by atoms with van der Waals surface area (Å²) < 4.78 is 0. The van der Waals surface area contributed by atoms with E-state index in [1.54, 1.807) is 0 Å². The average molecular weight is 292 g/mol. The van der Waals surface area contributed by atoms with Crippen LogP contribution in [0.25, 0.3) is 0 Å². The first-order valence-corrected chi connectivity index (χ1v) is 8.05. The Balaban J connectivity index is 1.76. The smallest absolute Gasteiger partial charge is 0.0406 e. The highest BCUT2D eigenvalue weighted by atomic mass is 35.5. The van der Waals surface area contributed by atoms with Crippen LogP contribution in [-0.2, 0) is 0 Å². The third-order valence-corrected chi connectivity index (χ3v) is 5.03. The zero-order valence-corrected chi connectivity index (χ0v) is 12.5. The summed E-state index contributed by atoms with van der Waals surface area (Å²) in [5.41, 5.74) is 1.36. The third kappa shape index (κ3) is 3.19. The van der Waals surface area contributed by atoms with Gasteiger partial charge < -0.3 is 5.32 Å². The lowest BCUT2D eigenvalue weighted by Gasteiger charge is -2.23. The van der Waals surface area contributed by atoms with Gasteiger partial charge >= 0.3 is 0 Å². The van der Waals surface area contributed by atoms with Crippen LogP contribution in [0.2, 0.25) is 5.02 Å². The van der Waals surface area contributed by atoms with Gasteiger partial charge in [0.2, 0.25) is 0 Å². The lowest BCUT2D eigenvalue weighted by molar-refractivity contribution is 0.431. The molecule has 1 aromatic heterocycles. The van der Waals surface area contributed by atoms with Crippen LogP contribution in [0.15, 0.2) is 41.8 Å². The van der Waals surface area contributed by atoms with Gasteiger partial charge in [0.1, 0.15) is 0 Å². The quantitative estimate of drug-likeness (QED) is 0.798. The fourth-order valence-corrected chi connectivity index (χ4v) is 3.36. The molecule has 100 valence electrons. The normalized spacial score (nSPS) is 18.2. The number of hydrogen-bond acceptors (Lipinski definition) is 2. The number of benzene rings is 1. The molecule has 1 heterocycles. The molecule has 1 aliphatic rings. The van der Waals surface area contributed by atoms with Gasteiger partial charge in [-0.3, -0.25) is 0 Å². The zero-order valence-electron chi connectivity index (χ0n) is 11.0. The Morgan fingerprint density at radius 1 is 1.21 bits per heavy atom. The van der Waals surface area contributed by atoms with Gasteiger partial charge in [-0.2, -0.15) is 0 Å². The molecule has 0 spiro atoms. The number of rotatable bonds is 5. The van der Waals surface area contributed by atoms with Crippen molar-refractivity contribution in [1.82, 2.24) is 5.32 Å². The molecule has 1 unspecified atom stereocenters. The fraction of sp³-hybridized carbons (Fsp3) is 0.375. The lowest BCUT2D eigenvalue weighted by Crippen LogP contribution is -2.25. The fourth-order valence-electron chi connectivity index (χ4n) is 2.49. The van der Waals surface area contributed by atoms with Crippen molar-refractivity contribution < 1.29 is 0 Å². The predicted octanol–water partition coefficient (Wildman–Crippen LogP) is 5.20. The summed E-state index contributed by atoms with van der Waals surface area (Å²) >= 11 is 7.80. The molecule has 0 radical (unpaired) electrons. The van der Waals surface area contributed by atoms with E-state index in [1.165, 1.54) is 23.3 Å². The van der Waals surface area contributed by atoms with Crippen LogP contribution >= 0.6 is 22.9 Å². The topological polar surface area (TPSA) is 12.0 Å². The predicted molar refractivity (Wildman–Crippen MR) is 82.8 cm³/mol. The van der Waals surface area contributed by atoms with Gasteiger partial charge in [-0.15, -0.1) is 11.3 Å². The molecule has 2 atom stereocenters. The van der Waals surface area contributed by atoms with Crippen LogP contribution in [-0.4, -0.2) is 0 Å². The molecule has 3 rings (SSSR count). The van der Waals surface area contributed by atoms with Crippen LogP contribution in [0, 0.1) is 5.92 Å². The zero-order chi connectivity index (χ0) is 13.2. The van der Waals surface area contributed by atoms with E-state index in [0.29, 0.717) is 12.1 Å². The molecular weight excluding hydrogens is 274 g/mol. The van der Waals surface area contributed by atoms with Gasteiger partial charge in [-0.1, -0.05) is 29.8 Å². The third-order valence-electron chi connectivity index (χ3n) is 3.72. The van der Waals surface area contributed by atoms with E-state index < -0.39 is 0 Å². The Kier molecular flexibility index (Phi) is 3.92. The van der Waals surface area contributed by atoms with Crippen molar-refractivity contribution in [3.05, 3.63) is 57.2 Å². The Morgan fingerprint density at radius 3 is 2.53 bits per heavy atom. The molecule has 1 nitrogen and oxygen atoms in total. The summed E-state index contributed by atoms with van der Waals surface area (Å²) in [6, 6.07) is 13.5. The second-order valence-corrected chi connectivity index (χ2v) is 6.69. The Hall–Kier alpha value is -0.830. The van der Waals surface area contributed by atoms with Crippen LogP contribution in [0.1, 0.15) is 42.3 Å². The molecule has 19 heavy (non-hydrogen) atoms. The van der Waals surface area contributed by atoms with Gasteiger partial charge in [-0.05, 0) is 54.8 Å². The van der Waals surface area contributed by atoms with Gasteiger partial charge in [0.05, 0.1) is 0 Å². The van der Waals surface area contributed by atoms with E-state index in [2.05, 4.69) is 41.9 Å². The van der Waals surface area contributed by atoms with Crippen molar-refractivity contribution in [1.29, 1.82) is 0 Å². The Morgan fingerprint density at radius 2 is 1.95 bits per heavy atom. The molecule has 0 amide bonds. The maximum Gasteiger partial charge on any atom is 0.0406 e. The molecule has 0 saturated heterocycles. The summed E-state index contributed by atoms with van der Waals surface area (Å²) in [5, 5.41) is 6.74. The maximum absolute atomic E-state index is 5.98. The van der Waals surface area contributed by atoms with Crippen LogP contribution in [0.3, 0.4) is 0 Å². The van der Waals surface area contributed by atoms with E-state index in [4.69, 9.17) is 11.6 Å². The maximum atomic E-state index is 5.98. The van der Waals surface area contributed by atoms with Gasteiger partial charge in [0.25, 0.3) is 0 Å². The standard InChI is InChI=1S/C16H18ClNS/c1-11(15-3-2-10-19-15)18-16(12-4-5-12)13-6-8-14(17)9-7-13/h2-3,6-12,16,18H,4-5H2,1H3/t11-,16?/m0/s1. The Bertz CT molecular complexity index is 516. The second-order valence-electron chi connectivity index (χ2n) is 5.27. The van der Waals surface area contributed by atoms with Crippen molar-refractivity contribution in [3.8, 4) is 0 Å². The molecular formula is C16H18ClNS. The lowest BCUT2D eigenvalue weighted by atomic mass is 10.0. The van der Waals surface area contributed by atoms with Crippen LogP contribution in [0.4, 0.5) is 0 Å². The number of thiophene rings is 1. The monoisotopic (exact) mass is 291 g/mol. The highest BCUT2D eigenvalue weighted by molar-refractivity contribution is 7.10. The minimum absolute atomic E-state index is 0.404. The largest absolute Gasteiger partial charge is 0.302 e. The molecule has 1 fully saturated rings. The summed E-state index contributed by atoms with van der Waals surface area (Å²) in [6.45, 7) is 2.25. The number of hydrogen-bond donors (Lipinski definition) is 1. The van der Waals surface area contributed by atoms with Crippen molar-refractivity contribution in [2.75, 3.05) is 0 Å². The SMILES string of the molecule is C[C@H](NC(c1ccc(Cl)cc1)C1CC1)c1cccs1. The van der Waals surface area contributed by atoms with E-state index in [9.17, 15) is 0 Å². The van der Waals surface area contributed by atoms with Gasteiger partial charge in [0.15, 0.2) is 0 Å². The van der Waals surface area contributed by atoms with E-state index in [0.717, 1.165) is 10.9 Å². The molecule has 1 aliphatic carbocycles. The highest BCUT2D eigenvalue weighted by Crippen LogP contribution is 2.42. The van der Waals surface area contributed by atoms with Crippen molar-refractivity contribution in [3.63, 3.8) is 0 Å². The summed E-state index contributed by atoms with van der Waals surface area (Å²) in [5.74, 6) is 0.781.